The van der Waals surface area contributed by atoms with Gasteiger partial charge in [-0.2, -0.15) is 8.39 Å². The third-order valence-corrected chi connectivity index (χ3v) is 1.10. The predicted octanol–water partition coefficient (Wildman–Crippen LogP) is 1.09. The van der Waals surface area contributed by atoms with Gasteiger partial charge in [-0.05, 0) is 0 Å². The summed E-state index contributed by atoms with van der Waals surface area (Å²) in [5, 5.41) is 0. The average molecular weight is 196 g/mol. The van der Waals surface area contributed by atoms with Gasteiger partial charge in [-0.1, -0.05) is 0 Å². The molecule has 0 spiro atoms. The van der Waals surface area contributed by atoms with Crippen LogP contribution < -0.4 is 0 Å². The zero-order valence-electron chi connectivity index (χ0n) is 5.06. The molecule has 0 aliphatic heterocycles. The molecule has 3 nitrogen and oxygen atoms in total. The third kappa shape index (κ3) is 7.69. The van der Waals surface area contributed by atoms with E-state index in [2.05, 4.69) is 8.37 Å². The second kappa shape index (κ2) is 4.62. The maximum atomic E-state index is 11.2. The highest BCUT2D eigenvalue weighted by molar-refractivity contribution is 7.75. The van der Waals surface area contributed by atoms with Crippen molar-refractivity contribution in [2.24, 2.45) is 0 Å². The lowest BCUT2D eigenvalue weighted by atomic mass is 10.9. The van der Waals surface area contributed by atoms with Gasteiger partial charge in [0.15, 0.2) is 0 Å². The van der Waals surface area contributed by atoms with Crippen LogP contribution >= 0.6 is 0 Å². The molecular formula is C3H4F4O3S. The van der Waals surface area contributed by atoms with Crippen molar-refractivity contribution in [3.63, 3.8) is 0 Å². The highest BCUT2D eigenvalue weighted by atomic mass is 32.2. The van der Waals surface area contributed by atoms with E-state index < -0.39 is 31.0 Å². The van der Waals surface area contributed by atoms with E-state index in [4.69, 9.17) is 0 Å². The van der Waals surface area contributed by atoms with Crippen LogP contribution in [0.5, 0.6) is 0 Å². The van der Waals surface area contributed by atoms with Crippen LogP contribution in [-0.4, -0.2) is 23.9 Å². The summed E-state index contributed by atoms with van der Waals surface area (Å²) in [5.41, 5.74) is 0. The third-order valence-electron chi connectivity index (χ3n) is 0.419. The van der Waals surface area contributed by atoms with Crippen molar-refractivity contribution >= 4 is 11.4 Å². The van der Waals surface area contributed by atoms with Gasteiger partial charge in [0, 0.05) is 0 Å². The van der Waals surface area contributed by atoms with Gasteiger partial charge in [-0.15, -0.1) is 13.2 Å². The van der Waals surface area contributed by atoms with E-state index in [1.807, 2.05) is 0 Å². The molecule has 0 N–H and O–H groups in total. The van der Waals surface area contributed by atoms with Crippen molar-refractivity contribution in [1.82, 2.24) is 0 Å². The largest absolute Gasteiger partial charge is 0.537 e. The molecule has 0 aromatic carbocycles. The maximum absolute atomic E-state index is 11.2. The van der Waals surface area contributed by atoms with Gasteiger partial charge in [0.1, 0.15) is 6.67 Å². The summed E-state index contributed by atoms with van der Waals surface area (Å²) < 4.78 is 61.2. The Kier molecular flexibility index (Phi) is 4.54. The molecule has 0 aliphatic rings. The molecule has 0 radical (unpaired) electrons. The molecule has 0 fully saturated rings. The minimum absolute atomic E-state index is 0.692. The Morgan fingerprint density at radius 2 is 1.91 bits per heavy atom. The SMILES string of the molecule is O=S(OCCF)OC(F)(F)F. The number of halogens is 4. The van der Waals surface area contributed by atoms with Gasteiger partial charge in [0.2, 0.25) is 0 Å². The van der Waals surface area contributed by atoms with Gasteiger partial charge in [-0.3, -0.25) is 4.18 Å². The van der Waals surface area contributed by atoms with Crippen molar-refractivity contribution in [3.8, 4) is 0 Å². The van der Waals surface area contributed by atoms with E-state index >= 15 is 0 Å². The molecule has 1 unspecified atom stereocenters. The van der Waals surface area contributed by atoms with E-state index in [1.165, 1.54) is 0 Å². The monoisotopic (exact) mass is 196 g/mol. The lowest BCUT2D eigenvalue weighted by molar-refractivity contribution is -0.272. The summed E-state index contributed by atoms with van der Waals surface area (Å²) in [4.78, 5) is 0. The molecule has 0 rings (SSSR count). The summed E-state index contributed by atoms with van der Waals surface area (Å²) in [6.07, 6.45) is -5.03. The molecular weight excluding hydrogens is 192 g/mol. The molecule has 1 atom stereocenters. The van der Waals surface area contributed by atoms with Crippen LogP contribution in [-0.2, 0) is 19.7 Å². The van der Waals surface area contributed by atoms with Crippen LogP contribution in [0.3, 0.4) is 0 Å². The molecule has 0 aliphatic carbocycles. The second-order valence-corrected chi connectivity index (χ2v) is 2.05. The predicted molar refractivity (Wildman–Crippen MR) is 27.2 cm³/mol. The van der Waals surface area contributed by atoms with Crippen molar-refractivity contribution < 1.29 is 30.1 Å². The quantitative estimate of drug-likeness (QED) is 0.631. The van der Waals surface area contributed by atoms with Gasteiger partial charge in [-0.25, -0.2) is 4.39 Å². The summed E-state index contributed by atoms with van der Waals surface area (Å²) in [6, 6.07) is 0. The smallest absolute Gasteiger partial charge is 0.266 e. The normalized spacial score (nSPS) is 14.9. The minimum Gasteiger partial charge on any atom is -0.266 e. The lowest BCUT2D eigenvalue weighted by Gasteiger charge is -2.03. The van der Waals surface area contributed by atoms with Gasteiger partial charge >= 0.3 is 17.7 Å². The fourth-order valence-electron chi connectivity index (χ4n) is 0.201. The Morgan fingerprint density at radius 1 is 1.36 bits per heavy atom. The van der Waals surface area contributed by atoms with Crippen LogP contribution in [0.4, 0.5) is 17.6 Å². The van der Waals surface area contributed by atoms with Gasteiger partial charge in [0.05, 0.1) is 6.61 Å². The van der Waals surface area contributed by atoms with E-state index in [1.54, 1.807) is 0 Å². The zero-order valence-corrected chi connectivity index (χ0v) is 5.88. The number of rotatable bonds is 4. The molecule has 68 valence electrons. The molecule has 0 amide bonds. The molecule has 8 heteroatoms. The molecule has 0 heterocycles. The number of hydrogen-bond acceptors (Lipinski definition) is 3. The summed E-state index contributed by atoms with van der Waals surface area (Å²) >= 11 is -2.95. The molecule has 0 aromatic rings. The van der Waals surface area contributed by atoms with Crippen LogP contribution in [0.25, 0.3) is 0 Å². The minimum atomic E-state index is -5.03. The summed E-state index contributed by atoms with van der Waals surface area (Å²) in [7, 11) is 0. The fourth-order valence-corrected chi connectivity index (χ4v) is 0.602. The average Bonchev–Trinajstić information content (AvgIpc) is 1.79. The highest BCUT2D eigenvalue weighted by Gasteiger charge is 2.33. The molecule has 0 saturated carbocycles. The Labute approximate surface area is 62.2 Å². The first-order valence-corrected chi connectivity index (χ1v) is 3.33. The van der Waals surface area contributed by atoms with Crippen LogP contribution in [0.2, 0.25) is 0 Å². The van der Waals surface area contributed by atoms with Crippen molar-refractivity contribution in [1.29, 1.82) is 0 Å². The first-order valence-electron chi connectivity index (χ1n) is 2.33. The lowest BCUT2D eigenvalue weighted by Crippen LogP contribution is -2.17. The van der Waals surface area contributed by atoms with Crippen LogP contribution in [0.15, 0.2) is 0 Å². The van der Waals surface area contributed by atoms with Crippen molar-refractivity contribution in [2.75, 3.05) is 13.3 Å². The Balaban J connectivity index is 3.53. The van der Waals surface area contributed by atoms with Crippen LogP contribution in [0, 0.1) is 0 Å². The van der Waals surface area contributed by atoms with Crippen LogP contribution in [0.1, 0.15) is 0 Å². The fraction of sp³-hybridized carbons (Fsp3) is 1.00. The first-order chi connectivity index (χ1) is 4.95. The van der Waals surface area contributed by atoms with E-state index in [0.29, 0.717) is 0 Å². The van der Waals surface area contributed by atoms with E-state index in [0.717, 1.165) is 0 Å². The first kappa shape index (κ1) is 10.8. The van der Waals surface area contributed by atoms with E-state index in [9.17, 15) is 21.8 Å². The second-order valence-electron chi connectivity index (χ2n) is 1.24. The molecule has 0 bridgehead atoms. The van der Waals surface area contributed by atoms with Crippen molar-refractivity contribution in [3.05, 3.63) is 0 Å². The standard InChI is InChI=1S/C3H4F4O3S/c4-1-2-9-11(8)10-3(5,6)7/h1-2H2. The Hall–Kier alpha value is -0.210. The molecule has 11 heavy (non-hydrogen) atoms. The van der Waals surface area contributed by atoms with Crippen molar-refractivity contribution in [2.45, 2.75) is 6.36 Å². The van der Waals surface area contributed by atoms with E-state index in [-0.39, 0.29) is 0 Å². The molecule has 0 aromatic heterocycles. The highest BCUT2D eigenvalue weighted by Crippen LogP contribution is 2.17. The molecule has 0 saturated heterocycles. The Morgan fingerprint density at radius 3 is 2.27 bits per heavy atom. The summed E-state index contributed by atoms with van der Waals surface area (Å²) in [6.45, 7) is -1.71. The Bertz CT molecular complexity index is 135. The van der Waals surface area contributed by atoms with Gasteiger partial charge < -0.3 is 0 Å². The number of hydrogen-bond donors (Lipinski definition) is 0. The van der Waals surface area contributed by atoms with Gasteiger partial charge in [0.25, 0.3) is 0 Å². The number of alkyl halides is 4. The summed E-state index contributed by atoms with van der Waals surface area (Å²) in [5.74, 6) is 0. The topological polar surface area (TPSA) is 35.5 Å². The zero-order chi connectivity index (χ0) is 8.91. The maximum Gasteiger partial charge on any atom is 0.537 e.